The van der Waals surface area contributed by atoms with Gasteiger partial charge in [-0.3, -0.25) is 10.1 Å². The van der Waals surface area contributed by atoms with Crippen LogP contribution in [0.15, 0.2) is 0 Å². The molecular weight excluding hydrogens is 270 g/mol. The standard InChI is InChI=1S/C16H31NO4/c1-4-16(15(18)19,17-13(2)3)9-7-10-20-12-14-8-5-6-11-21-14/h13-14,17H,4-12H2,1-3H3,(H,18,19). The Morgan fingerprint density at radius 2 is 2.24 bits per heavy atom. The molecule has 2 atom stereocenters. The summed E-state index contributed by atoms with van der Waals surface area (Å²) in [4.78, 5) is 11.6. The van der Waals surface area contributed by atoms with Crippen LogP contribution in [0.5, 0.6) is 0 Å². The first-order valence-corrected chi connectivity index (χ1v) is 8.20. The Bertz CT molecular complexity index is 303. The van der Waals surface area contributed by atoms with Gasteiger partial charge in [0.25, 0.3) is 0 Å². The molecule has 0 aromatic carbocycles. The largest absolute Gasteiger partial charge is 0.480 e. The second-order valence-corrected chi connectivity index (χ2v) is 6.21. The van der Waals surface area contributed by atoms with Gasteiger partial charge >= 0.3 is 5.97 Å². The topological polar surface area (TPSA) is 67.8 Å². The van der Waals surface area contributed by atoms with Gasteiger partial charge in [-0.25, -0.2) is 0 Å². The first-order chi connectivity index (χ1) is 10.00. The molecule has 1 heterocycles. The molecule has 0 radical (unpaired) electrons. The first-order valence-electron chi connectivity index (χ1n) is 8.20. The number of hydrogen-bond acceptors (Lipinski definition) is 4. The lowest BCUT2D eigenvalue weighted by atomic mass is 9.89. The number of ether oxygens (including phenoxy) is 2. The van der Waals surface area contributed by atoms with E-state index in [1.54, 1.807) is 0 Å². The van der Waals surface area contributed by atoms with Crippen LogP contribution in [0.2, 0.25) is 0 Å². The minimum Gasteiger partial charge on any atom is -0.480 e. The molecule has 1 aliphatic heterocycles. The van der Waals surface area contributed by atoms with Gasteiger partial charge in [0.1, 0.15) is 5.54 Å². The molecule has 5 nitrogen and oxygen atoms in total. The summed E-state index contributed by atoms with van der Waals surface area (Å²) in [5.74, 6) is -0.769. The van der Waals surface area contributed by atoms with E-state index in [-0.39, 0.29) is 12.1 Å². The number of hydrogen-bond donors (Lipinski definition) is 2. The molecule has 1 rings (SSSR count). The van der Waals surface area contributed by atoms with E-state index < -0.39 is 11.5 Å². The summed E-state index contributed by atoms with van der Waals surface area (Å²) in [6.45, 7) is 7.93. The monoisotopic (exact) mass is 301 g/mol. The van der Waals surface area contributed by atoms with Gasteiger partial charge in [-0.15, -0.1) is 0 Å². The second kappa shape index (κ2) is 9.38. The van der Waals surface area contributed by atoms with Crippen molar-refractivity contribution in [3.8, 4) is 0 Å². The maximum Gasteiger partial charge on any atom is 0.323 e. The van der Waals surface area contributed by atoms with Crippen LogP contribution >= 0.6 is 0 Å². The van der Waals surface area contributed by atoms with E-state index >= 15 is 0 Å². The third-order valence-corrected chi connectivity index (χ3v) is 4.05. The van der Waals surface area contributed by atoms with Crippen molar-refractivity contribution in [2.75, 3.05) is 19.8 Å². The molecule has 1 saturated heterocycles. The highest BCUT2D eigenvalue weighted by Crippen LogP contribution is 2.19. The van der Waals surface area contributed by atoms with Crippen molar-refractivity contribution in [3.63, 3.8) is 0 Å². The Morgan fingerprint density at radius 3 is 2.76 bits per heavy atom. The average Bonchev–Trinajstić information content (AvgIpc) is 2.46. The number of carbonyl (C=O) groups is 1. The highest BCUT2D eigenvalue weighted by molar-refractivity contribution is 5.78. The minimum atomic E-state index is -0.834. The lowest BCUT2D eigenvalue weighted by molar-refractivity contribution is -0.146. The van der Waals surface area contributed by atoms with E-state index in [1.165, 1.54) is 6.42 Å². The maximum absolute atomic E-state index is 11.6. The smallest absolute Gasteiger partial charge is 0.323 e. The molecule has 0 aliphatic carbocycles. The SMILES string of the molecule is CCC(CCCOCC1CCCCO1)(NC(C)C)C(=O)O. The van der Waals surface area contributed by atoms with Crippen molar-refractivity contribution < 1.29 is 19.4 Å². The normalized spacial score (nSPS) is 22.2. The van der Waals surface area contributed by atoms with Gasteiger partial charge in [-0.2, -0.15) is 0 Å². The fraction of sp³-hybridized carbons (Fsp3) is 0.938. The first kappa shape index (κ1) is 18.4. The van der Waals surface area contributed by atoms with Gasteiger partial charge in [0.05, 0.1) is 12.7 Å². The fourth-order valence-corrected chi connectivity index (χ4v) is 2.85. The molecule has 0 amide bonds. The van der Waals surface area contributed by atoms with E-state index in [1.807, 2.05) is 20.8 Å². The molecule has 21 heavy (non-hydrogen) atoms. The molecule has 1 fully saturated rings. The van der Waals surface area contributed by atoms with E-state index in [9.17, 15) is 9.90 Å². The van der Waals surface area contributed by atoms with Crippen LogP contribution in [0.4, 0.5) is 0 Å². The van der Waals surface area contributed by atoms with E-state index in [2.05, 4.69) is 5.32 Å². The molecule has 2 N–H and O–H groups in total. The predicted molar refractivity (Wildman–Crippen MR) is 82.6 cm³/mol. The number of rotatable bonds is 10. The van der Waals surface area contributed by atoms with Crippen LogP contribution in [0.25, 0.3) is 0 Å². The van der Waals surface area contributed by atoms with Crippen molar-refractivity contribution in [2.24, 2.45) is 0 Å². The average molecular weight is 301 g/mol. The lowest BCUT2D eigenvalue weighted by Crippen LogP contribution is -2.54. The number of nitrogens with one attached hydrogen (secondary N) is 1. The van der Waals surface area contributed by atoms with Crippen LogP contribution in [0.1, 0.15) is 59.3 Å². The predicted octanol–water partition coefficient (Wildman–Crippen LogP) is 2.58. The number of carboxylic acid groups (broad SMARTS) is 1. The van der Waals surface area contributed by atoms with Crippen LogP contribution in [-0.2, 0) is 14.3 Å². The molecule has 2 unspecified atom stereocenters. The lowest BCUT2D eigenvalue weighted by Gasteiger charge is -2.31. The van der Waals surface area contributed by atoms with Gasteiger partial charge in [-0.05, 0) is 52.4 Å². The highest BCUT2D eigenvalue weighted by atomic mass is 16.5. The maximum atomic E-state index is 11.6. The van der Waals surface area contributed by atoms with Crippen molar-refractivity contribution >= 4 is 5.97 Å². The summed E-state index contributed by atoms with van der Waals surface area (Å²) in [7, 11) is 0. The zero-order valence-corrected chi connectivity index (χ0v) is 13.7. The molecule has 0 aromatic rings. The molecule has 0 saturated carbocycles. The van der Waals surface area contributed by atoms with Gasteiger partial charge < -0.3 is 14.6 Å². The molecule has 124 valence electrons. The third kappa shape index (κ3) is 6.32. The zero-order chi connectivity index (χ0) is 15.7. The highest BCUT2D eigenvalue weighted by Gasteiger charge is 2.36. The van der Waals surface area contributed by atoms with Gasteiger partial charge in [0.2, 0.25) is 0 Å². The Hall–Kier alpha value is -0.650. The molecular formula is C16H31NO4. The summed E-state index contributed by atoms with van der Waals surface area (Å²) in [5.41, 5.74) is -0.834. The second-order valence-electron chi connectivity index (χ2n) is 6.21. The number of carboxylic acids is 1. The molecule has 0 spiro atoms. The van der Waals surface area contributed by atoms with Crippen molar-refractivity contribution in [3.05, 3.63) is 0 Å². The zero-order valence-electron chi connectivity index (χ0n) is 13.7. The Morgan fingerprint density at radius 1 is 1.48 bits per heavy atom. The van der Waals surface area contributed by atoms with Crippen molar-refractivity contribution in [1.29, 1.82) is 0 Å². The van der Waals surface area contributed by atoms with Crippen molar-refractivity contribution in [1.82, 2.24) is 5.32 Å². The van der Waals surface area contributed by atoms with Crippen LogP contribution in [0, 0.1) is 0 Å². The van der Waals surface area contributed by atoms with Crippen molar-refractivity contribution in [2.45, 2.75) is 77.0 Å². The minimum absolute atomic E-state index is 0.151. The molecule has 0 bridgehead atoms. The molecule has 0 aromatic heterocycles. The quantitative estimate of drug-likeness (QED) is 0.607. The van der Waals surface area contributed by atoms with E-state index in [0.29, 0.717) is 26.1 Å². The van der Waals surface area contributed by atoms with Gasteiger partial charge in [0, 0.05) is 19.3 Å². The Kier molecular flexibility index (Phi) is 8.22. The Labute approximate surface area is 128 Å². The van der Waals surface area contributed by atoms with Crippen LogP contribution in [0.3, 0.4) is 0 Å². The van der Waals surface area contributed by atoms with E-state index in [4.69, 9.17) is 9.47 Å². The summed E-state index contributed by atoms with van der Waals surface area (Å²) >= 11 is 0. The summed E-state index contributed by atoms with van der Waals surface area (Å²) in [6, 6.07) is 0.151. The van der Waals surface area contributed by atoms with Gasteiger partial charge in [-0.1, -0.05) is 6.92 Å². The van der Waals surface area contributed by atoms with Crippen LogP contribution < -0.4 is 5.32 Å². The molecule has 1 aliphatic rings. The Balaban J connectivity index is 2.27. The summed E-state index contributed by atoms with van der Waals surface area (Å²) in [5, 5.41) is 12.7. The summed E-state index contributed by atoms with van der Waals surface area (Å²) < 4.78 is 11.3. The van der Waals surface area contributed by atoms with E-state index in [0.717, 1.165) is 25.9 Å². The fourth-order valence-electron chi connectivity index (χ4n) is 2.85. The number of aliphatic carboxylic acids is 1. The van der Waals surface area contributed by atoms with Gasteiger partial charge in [0.15, 0.2) is 0 Å². The van der Waals surface area contributed by atoms with Crippen LogP contribution in [-0.4, -0.2) is 48.6 Å². The summed E-state index contributed by atoms with van der Waals surface area (Å²) in [6.07, 6.45) is 5.56. The molecule has 5 heteroatoms. The third-order valence-electron chi connectivity index (χ3n) is 4.05.